The first-order chi connectivity index (χ1) is 15.7. The van der Waals surface area contributed by atoms with E-state index in [0.29, 0.717) is 5.56 Å². The van der Waals surface area contributed by atoms with E-state index in [9.17, 15) is 34.2 Å². The van der Waals surface area contributed by atoms with Crippen LogP contribution >= 0.6 is 0 Å². The lowest BCUT2D eigenvalue weighted by molar-refractivity contribution is -0.176. The van der Waals surface area contributed by atoms with Crippen molar-refractivity contribution in [3.8, 4) is 5.75 Å². The first kappa shape index (κ1) is 24.1. The second-order valence-corrected chi connectivity index (χ2v) is 10.9. The van der Waals surface area contributed by atoms with E-state index in [1.54, 1.807) is 45.8 Å². The smallest absolute Gasteiger partial charge is 0.238 e. The number of aromatic hydroxyl groups is 1. The molecule has 1 aromatic carbocycles. The third kappa shape index (κ3) is 3.45. The number of aliphatic hydroxyl groups is 1. The van der Waals surface area contributed by atoms with Crippen molar-refractivity contribution in [1.82, 2.24) is 5.32 Å². The van der Waals surface area contributed by atoms with Crippen molar-refractivity contribution < 1.29 is 34.2 Å². The van der Waals surface area contributed by atoms with E-state index in [1.165, 1.54) is 6.07 Å². The van der Waals surface area contributed by atoms with Crippen molar-refractivity contribution >= 4 is 34.7 Å². The molecule has 0 spiro atoms. The number of nitrogens with one attached hydrogen (secondary N) is 1. The highest BCUT2D eigenvalue weighted by Gasteiger charge is 2.66. The Morgan fingerprint density at radius 1 is 1.09 bits per heavy atom. The number of carbonyl (C=O) groups excluding carboxylic acids is 5. The SMILES string of the molecule is CN(C)c1ccc(O)c2c1C[C@H]1C[C@H]3CC(=O)C(C(=O)NC(C)(C)C)C(=O)[C@@]3(O)C(=O)C1C2=O. The number of hydrogen-bond acceptors (Lipinski definition) is 8. The maximum Gasteiger partial charge on any atom is 0.238 e. The zero-order chi connectivity index (χ0) is 25.3. The molecule has 2 fully saturated rings. The Kier molecular flexibility index (Phi) is 5.47. The van der Waals surface area contributed by atoms with E-state index >= 15 is 0 Å². The topological polar surface area (TPSA) is 141 Å². The summed E-state index contributed by atoms with van der Waals surface area (Å²) in [5.74, 6) is -9.23. The monoisotopic (exact) mass is 470 g/mol. The van der Waals surface area contributed by atoms with Gasteiger partial charge in [-0.15, -0.1) is 0 Å². The fraction of sp³-hybridized carbons (Fsp3) is 0.560. The normalized spacial score (nSPS) is 30.9. The van der Waals surface area contributed by atoms with Gasteiger partial charge in [-0.25, -0.2) is 0 Å². The molecule has 4 rings (SSSR count). The lowest BCUT2D eigenvalue weighted by Gasteiger charge is -2.49. The van der Waals surface area contributed by atoms with Crippen molar-refractivity contribution in [3.05, 3.63) is 23.3 Å². The predicted octanol–water partition coefficient (Wildman–Crippen LogP) is 0.822. The number of benzene rings is 1. The summed E-state index contributed by atoms with van der Waals surface area (Å²) in [4.78, 5) is 67.8. The zero-order valence-corrected chi connectivity index (χ0v) is 20.0. The molecule has 2 saturated carbocycles. The fourth-order valence-corrected chi connectivity index (χ4v) is 5.79. The van der Waals surface area contributed by atoms with Crippen molar-refractivity contribution in [2.45, 2.75) is 51.2 Å². The molecular formula is C25H30N2O7. The van der Waals surface area contributed by atoms with Gasteiger partial charge in [0.25, 0.3) is 0 Å². The van der Waals surface area contributed by atoms with Gasteiger partial charge in [-0.05, 0) is 57.2 Å². The van der Waals surface area contributed by atoms with Gasteiger partial charge in [0.15, 0.2) is 34.7 Å². The van der Waals surface area contributed by atoms with Gasteiger partial charge in [-0.1, -0.05) is 0 Å². The molecule has 1 aromatic rings. The van der Waals surface area contributed by atoms with E-state index in [4.69, 9.17) is 0 Å². The van der Waals surface area contributed by atoms with Crippen LogP contribution in [0.2, 0.25) is 0 Å². The molecule has 1 amide bonds. The van der Waals surface area contributed by atoms with Gasteiger partial charge in [0.2, 0.25) is 5.91 Å². The lowest BCUT2D eigenvalue weighted by atomic mass is 9.53. The fourth-order valence-electron chi connectivity index (χ4n) is 5.79. The summed E-state index contributed by atoms with van der Waals surface area (Å²) < 4.78 is 0. The van der Waals surface area contributed by atoms with Gasteiger partial charge < -0.3 is 20.4 Å². The van der Waals surface area contributed by atoms with Gasteiger partial charge in [0.05, 0.1) is 11.5 Å². The maximum atomic E-state index is 13.6. The van der Waals surface area contributed by atoms with Gasteiger partial charge in [0.1, 0.15) is 5.75 Å². The molecule has 0 saturated heterocycles. The molecule has 3 aliphatic carbocycles. The Labute approximate surface area is 197 Å². The number of amides is 1. The minimum Gasteiger partial charge on any atom is -0.507 e. The predicted molar refractivity (Wildman–Crippen MR) is 122 cm³/mol. The number of carbonyl (C=O) groups is 5. The molecule has 0 radical (unpaired) electrons. The number of fused-ring (bicyclic) bond motifs is 3. The highest BCUT2D eigenvalue weighted by molar-refractivity contribution is 6.31. The summed E-state index contributed by atoms with van der Waals surface area (Å²) in [5.41, 5.74) is -1.99. The van der Waals surface area contributed by atoms with Crippen LogP contribution in [0.4, 0.5) is 5.69 Å². The molecule has 0 aliphatic heterocycles. The van der Waals surface area contributed by atoms with Crippen LogP contribution in [-0.4, -0.2) is 64.5 Å². The highest BCUT2D eigenvalue weighted by atomic mass is 16.3. The lowest BCUT2D eigenvalue weighted by Crippen LogP contribution is -2.68. The van der Waals surface area contributed by atoms with Gasteiger partial charge in [0, 0.05) is 37.7 Å². The van der Waals surface area contributed by atoms with E-state index in [0.717, 1.165) is 5.69 Å². The molecule has 3 aliphatic rings. The average molecular weight is 471 g/mol. The van der Waals surface area contributed by atoms with Gasteiger partial charge >= 0.3 is 0 Å². The van der Waals surface area contributed by atoms with Crippen LogP contribution in [0.15, 0.2) is 12.1 Å². The van der Waals surface area contributed by atoms with Crippen molar-refractivity contribution in [2.75, 3.05) is 19.0 Å². The van der Waals surface area contributed by atoms with Gasteiger partial charge in [-0.2, -0.15) is 0 Å². The van der Waals surface area contributed by atoms with Gasteiger partial charge in [-0.3, -0.25) is 24.0 Å². The van der Waals surface area contributed by atoms with E-state index in [-0.39, 0.29) is 30.6 Å². The summed E-state index contributed by atoms with van der Waals surface area (Å²) in [5, 5.41) is 24.4. The van der Waals surface area contributed by atoms with Crippen molar-refractivity contribution in [2.24, 2.45) is 23.7 Å². The summed E-state index contributed by atoms with van der Waals surface area (Å²) in [6, 6.07) is 3.07. The Balaban J connectivity index is 1.75. The number of hydrogen-bond donors (Lipinski definition) is 3. The van der Waals surface area contributed by atoms with E-state index < -0.39 is 63.9 Å². The molecule has 34 heavy (non-hydrogen) atoms. The average Bonchev–Trinajstić information content (AvgIpc) is 2.69. The molecule has 0 heterocycles. The van der Waals surface area contributed by atoms with Crippen molar-refractivity contribution in [3.63, 3.8) is 0 Å². The Morgan fingerprint density at radius 3 is 2.32 bits per heavy atom. The standard InChI is InChI=1S/C25H30N2O7/c1-24(2,3)26-23(33)19-16(29)10-12-8-11-9-13-14(27(4)5)6-7-15(28)18(13)20(30)17(11)21(31)25(12,34)22(19)32/h6-7,11-12,17,19,28,34H,8-10H2,1-5H3,(H,26,33)/t11-,12+,17?,19?,25+/m1/s1. The number of phenols is 1. The third-order valence-corrected chi connectivity index (χ3v) is 7.22. The summed E-state index contributed by atoms with van der Waals surface area (Å²) in [6.07, 6.45) is 0.0784. The first-order valence-electron chi connectivity index (χ1n) is 11.4. The van der Waals surface area contributed by atoms with E-state index in [1.807, 2.05) is 0 Å². The third-order valence-electron chi connectivity index (χ3n) is 7.22. The van der Waals surface area contributed by atoms with Crippen LogP contribution in [-0.2, 0) is 25.6 Å². The first-order valence-corrected chi connectivity index (χ1v) is 11.4. The minimum absolute atomic E-state index is 0.0178. The molecule has 3 N–H and O–H groups in total. The summed E-state index contributed by atoms with van der Waals surface area (Å²) in [6.45, 7) is 5.05. The van der Waals surface area contributed by atoms with Crippen LogP contribution in [0.3, 0.4) is 0 Å². The maximum absolute atomic E-state index is 13.6. The number of nitrogens with zero attached hydrogens (tertiary/aromatic N) is 1. The molecule has 9 nitrogen and oxygen atoms in total. The number of anilines is 1. The molecule has 2 unspecified atom stereocenters. The largest absolute Gasteiger partial charge is 0.507 e. The van der Waals surface area contributed by atoms with Crippen LogP contribution in [0.5, 0.6) is 5.75 Å². The zero-order valence-electron chi connectivity index (χ0n) is 20.0. The van der Waals surface area contributed by atoms with Crippen LogP contribution in [0, 0.1) is 23.7 Å². The minimum atomic E-state index is -2.60. The number of Topliss-reactive ketones (excluding diaryl/α,β-unsaturated/α-hetero) is 4. The van der Waals surface area contributed by atoms with E-state index in [2.05, 4.69) is 5.32 Å². The highest BCUT2D eigenvalue weighted by Crippen LogP contribution is 2.51. The van der Waals surface area contributed by atoms with Crippen molar-refractivity contribution in [1.29, 1.82) is 0 Å². The summed E-state index contributed by atoms with van der Waals surface area (Å²) in [7, 11) is 3.60. The molecular weight excluding hydrogens is 440 g/mol. The molecule has 9 heteroatoms. The molecule has 5 atom stereocenters. The molecule has 0 bridgehead atoms. The Hall–Kier alpha value is -3.07. The van der Waals surface area contributed by atoms with Crippen LogP contribution < -0.4 is 10.2 Å². The molecule has 182 valence electrons. The summed E-state index contributed by atoms with van der Waals surface area (Å²) >= 11 is 0. The quantitative estimate of drug-likeness (QED) is 0.540. The Morgan fingerprint density at radius 2 is 1.74 bits per heavy atom. The van der Waals surface area contributed by atoms with Crippen LogP contribution in [0.25, 0.3) is 0 Å². The second-order valence-electron chi connectivity index (χ2n) is 10.9. The Bertz CT molecular complexity index is 1130. The second kappa shape index (κ2) is 7.73. The number of phenolic OH excluding ortho intramolecular Hbond substituents is 1. The molecule has 0 aromatic heterocycles. The van der Waals surface area contributed by atoms with Crippen LogP contribution in [0.1, 0.15) is 49.5 Å². The number of ketones is 4. The number of rotatable bonds is 2.